The predicted molar refractivity (Wildman–Crippen MR) is 114 cm³/mol. The first-order valence-electron chi connectivity index (χ1n) is 9.77. The largest absolute Gasteiger partial charge is 0.0654 e. The first kappa shape index (κ1) is 16.8. The fourth-order valence-corrected chi connectivity index (χ4v) is 4.08. The van der Waals surface area contributed by atoms with Gasteiger partial charge in [-0.2, -0.15) is 0 Å². The smallest absolute Gasteiger partial charge is 0.0181 e. The number of hydrogen-bond acceptors (Lipinski definition) is 0. The number of benzene rings is 4. The molecule has 0 nitrogen and oxygen atoms in total. The Morgan fingerprint density at radius 2 is 1.04 bits per heavy atom. The highest BCUT2D eigenvalue weighted by atomic mass is 14.2. The molecule has 26 heavy (non-hydrogen) atoms. The van der Waals surface area contributed by atoms with E-state index in [1.54, 1.807) is 0 Å². The van der Waals surface area contributed by atoms with Gasteiger partial charge < -0.3 is 0 Å². The normalized spacial score (nSPS) is 11.5. The highest BCUT2D eigenvalue weighted by molar-refractivity contribution is 5.83. The lowest BCUT2D eigenvalue weighted by Crippen LogP contribution is -2.08. The summed E-state index contributed by atoms with van der Waals surface area (Å²) in [7, 11) is 0. The molecule has 0 amide bonds. The molecule has 4 rings (SSSR count). The van der Waals surface area contributed by atoms with Gasteiger partial charge in [-0.1, -0.05) is 105 Å². The Kier molecular flexibility index (Phi) is 5.02. The van der Waals surface area contributed by atoms with Crippen LogP contribution >= 0.6 is 0 Å². The molecule has 4 aromatic rings. The Balaban J connectivity index is 1.55. The van der Waals surface area contributed by atoms with Gasteiger partial charge in [0, 0.05) is 0 Å². The van der Waals surface area contributed by atoms with Crippen LogP contribution in [-0.2, 0) is 12.8 Å². The molecule has 0 radical (unpaired) electrons. The Bertz CT molecular complexity index is 931. The minimum absolute atomic E-state index is 0.697. The zero-order valence-corrected chi connectivity index (χ0v) is 15.5. The molecule has 0 aliphatic heterocycles. The van der Waals surface area contributed by atoms with Crippen LogP contribution in [0.3, 0.4) is 0 Å². The average Bonchev–Trinajstić information content (AvgIpc) is 2.68. The van der Waals surface area contributed by atoms with E-state index in [4.69, 9.17) is 0 Å². The summed E-state index contributed by atoms with van der Waals surface area (Å²) in [4.78, 5) is 0. The fraction of sp³-hybridized carbons (Fsp3) is 0.231. The summed E-state index contributed by atoms with van der Waals surface area (Å²) in [6.45, 7) is 2.30. The van der Waals surface area contributed by atoms with E-state index in [9.17, 15) is 0 Å². The molecule has 0 fully saturated rings. The number of rotatable bonds is 6. The van der Waals surface area contributed by atoms with Crippen LogP contribution in [0.2, 0.25) is 0 Å². The zero-order valence-electron chi connectivity index (χ0n) is 15.5. The van der Waals surface area contributed by atoms with Gasteiger partial charge in [0.1, 0.15) is 0 Å². The van der Waals surface area contributed by atoms with Gasteiger partial charge in [-0.15, -0.1) is 0 Å². The van der Waals surface area contributed by atoms with E-state index in [2.05, 4.69) is 91.9 Å². The second-order valence-electron chi connectivity index (χ2n) is 7.43. The van der Waals surface area contributed by atoms with Gasteiger partial charge in [0.2, 0.25) is 0 Å². The first-order valence-corrected chi connectivity index (χ1v) is 9.77. The van der Waals surface area contributed by atoms with Crippen LogP contribution in [-0.4, -0.2) is 0 Å². The molecule has 0 heteroatoms. The van der Waals surface area contributed by atoms with Crippen molar-refractivity contribution in [1.29, 1.82) is 0 Å². The second-order valence-corrected chi connectivity index (χ2v) is 7.43. The van der Waals surface area contributed by atoms with Gasteiger partial charge in [-0.05, 0) is 51.4 Å². The molecule has 0 aliphatic rings. The molecular formula is C26H26. The van der Waals surface area contributed by atoms with E-state index in [-0.39, 0.29) is 0 Å². The Morgan fingerprint density at radius 3 is 1.50 bits per heavy atom. The van der Waals surface area contributed by atoms with Crippen molar-refractivity contribution < 1.29 is 0 Å². The van der Waals surface area contributed by atoms with Crippen LogP contribution in [0.4, 0.5) is 0 Å². The summed E-state index contributed by atoms with van der Waals surface area (Å²) < 4.78 is 0. The number of fused-ring (bicyclic) bond motifs is 2. The Hall–Kier alpha value is -2.60. The molecule has 0 saturated carbocycles. The maximum atomic E-state index is 2.37. The Morgan fingerprint density at radius 1 is 0.577 bits per heavy atom. The topological polar surface area (TPSA) is 0 Å². The van der Waals surface area contributed by atoms with Crippen molar-refractivity contribution in [3.8, 4) is 0 Å². The quantitative estimate of drug-likeness (QED) is 0.349. The first-order chi connectivity index (χ1) is 12.8. The van der Waals surface area contributed by atoms with Crippen LogP contribution in [0.25, 0.3) is 21.5 Å². The van der Waals surface area contributed by atoms with Gasteiger partial charge in [-0.3, -0.25) is 0 Å². The van der Waals surface area contributed by atoms with Crippen LogP contribution in [0.5, 0.6) is 0 Å². The van der Waals surface area contributed by atoms with Crippen molar-refractivity contribution in [3.05, 3.63) is 96.1 Å². The van der Waals surface area contributed by atoms with Gasteiger partial charge in [0.25, 0.3) is 0 Å². The van der Waals surface area contributed by atoms with Gasteiger partial charge in [0.15, 0.2) is 0 Å². The molecular weight excluding hydrogens is 312 g/mol. The van der Waals surface area contributed by atoms with Gasteiger partial charge >= 0.3 is 0 Å². The van der Waals surface area contributed by atoms with Gasteiger partial charge in [-0.25, -0.2) is 0 Å². The SMILES string of the molecule is CCCC(Cc1ccc2ccccc2c1)Cc1ccc2ccccc2c1. The van der Waals surface area contributed by atoms with E-state index in [1.807, 2.05) is 0 Å². The van der Waals surface area contributed by atoms with Crippen LogP contribution in [0.15, 0.2) is 84.9 Å². The van der Waals surface area contributed by atoms with Crippen LogP contribution in [0, 0.1) is 5.92 Å². The second kappa shape index (κ2) is 7.74. The molecule has 0 unspecified atom stereocenters. The summed E-state index contributed by atoms with van der Waals surface area (Å²) in [6.07, 6.45) is 4.84. The third-order valence-corrected chi connectivity index (χ3v) is 5.37. The molecule has 0 aromatic heterocycles. The summed E-state index contributed by atoms with van der Waals surface area (Å²) in [6, 6.07) is 31.2. The van der Waals surface area contributed by atoms with Gasteiger partial charge in [0.05, 0.1) is 0 Å². The lowest BCUT2D eigenvalue weighted by molar-refractivity contribution is 0.474. The molecule has 0 heterocycles. The highest BCUT2D eigenvalue weighted by Crippen LogP contribution is 2.24. The van der Waals surface area contributed by atoms with Crippen molar-refractivity contribution in [2.45, 2.75) is 32.6 Å². The minimum atomic E-state index is 0.697. The van der Waals surface area contributed by atoms with Crippen molar-refractivity contribution in [3.63, 3.8) is 0 Å². The minimum Gasteiger partial charge on any atom is -0.0654 e. The zero-order chi connectivity index (χ0) is 17.8. The predicted octanol–water partition coefficient (Wildman–Crippen LogP) is 7.19. The third kappa shape index (κ3) is 3.80. The molecule has 130 valence electrons. The van der Waals surface area contributed by atoms with E-state index in [0.29, 0.717) is 5.92 Å². The Labute approximate surface area is 156 Å². The van der Waals surface area contributed by atoms with Crippen LogP contribution < -0.4 is 0 Å². The number of hydrogen-bond donors (Lipinski definition) is 0. The lowest BCUT2D eigenvalue weighted by atomic mass is 9.88. The van der Waals surface area contributed by atoms with E-state index < -0.39 is 0 Å². The summed E-state index contributed by atoms with van der Waals surface area (Å²) >= 11 is 0. The van der Waals surface area contributed by atoms with Crippen LogP contribution in [0.1, 0.15) is 30.9 Å². The van der Waals surface area contributed by atoms with Crippen molar-refractivity contribution in [2.75, 3.05) is 0 Å². The van der Waals surface area contributed by atoms with E-state index >= 15 is 0 Å². The summed E-state index contributed by atoms with van der Waals surface area (Å²) in [5.41, 5.74) is 2.92. The van der Waals surface area contributed by atoms with E-state index in [0.717, 1.165) is 12.8 Å². The monoisotopic (exact) mass is 338 g/mol. The standard InChI is InChI=1S/C26H26/c1-2-7-20(16-21-12-14-23-8-3-5-10-25(23)18-21)17-22-13-15-24-9-4-6-11-26(24)19-22/h3-6,8-15,18-20H,2,7,16-17H2,1H3. The van der Waals surface area contributed by atoms with Crippen molar-refractivity contribution in [2.24, 2.45) is 5.92 Å². The molecule has 0 bridgehead atoms. The molecule has 0 saturated heterocycles. The lowest BCUT2D eigenvalue weighted by Gasteiger charge is -2.17. The fourth-order valence-electron chi connectivity index (χ4n) is 4.08. The summed E-state index contributed by atoms with van der Waals surface area (Å²) in [5.74, 6) is 0.697. The highest BCUT2D eigenvalue weighted by Gasteiger charge is 2.11. The average molecular weight is 338 g/mol. The van der Waals surface area contributed by atoms with E-state index in [1.165, 1.54) is 45.5 Å². The molecule has 0 N–H and O–H groups in total. The molecule has 4 aromatic carbocycles. The maximum absolute atomic E-state index is 2.37. The van der Waals surface area contributed by atoms with Crippen molar-refractivity contribution in [1.82, 2.24) is 0 Å². The molecule has 0 aliphatic carbocycles. The van der Waals surface area contributed by atoms with Crippen molar-refractivity contribution >= 4 is 21.5 Å². The summed E-state index contributed by atoms with van der Waals surface area (Å²) in [5, 5.41) is 5.37. The third-order valence-electron chi connectivity index (χ3n) is 5.37. The molecule has 0 atom stereocenters. The molecule has 0 spiro atoms. The maximum Gasteiger partial charge on any atom is -0.0181 e.